The summed E-state index contributed by atoms with van der Waals surface area (Å²) >= 11 is 0. The fourth-order valence-electron chi connectivity index (χ4n) is 8.88. The van der Waals surface area contributed by atoms with Gasteiger partial charge in [0, 0.05) is 6.54 Å². The molecule has 1 aliphatic heterocycles. The number of carbonyl (C=O) groups excluding carboxylic acids is 8. The summed E-state index contributed by atoms with van der Waals surface area (Å²) in [6.45, 7) is 5.93. The van der Waals surface area contributed by atoms with Crippen LogP contribution in [0.2, 0.25) is 0 Å². The second-order valence-electron chi connectivity index (χ2n) is 20.7. The predicted molar refractivity (Wildman–Crippen MR) is 293 cm³/mol. The Morgan fingerprint density at radius 2 is 0.933 bits per heavy atom. The predicted octanol–water partition coefficient (Wildman–Crippen LogP) is 0.874. The average Bonchev–Trinajstić information content (AvgIpc) is 3.37. The van der Waals surface area contributed by atoms with Crippen LogP contribution in [-0.2, 0) is 38.4 Å². The quantitative estimate of drug-likeness (QED) is 0.0384. The van der Waals surface area contributed by atoms with Gasteiger partial charge in [0.25, 0.3) is 0 Å². The van der Waals surface area contributed by atoms with E-state index in [0.717, 1.165) is 31.6 Å². The monoisotopic (exact) mass is 1070 g/mol. The molecule has 8 amide bonds. The van der Waals surface area contributed by atoms with E-state index in [2.05, 4.69) is 56.4 Å². The molecule has 0 aromatic carbocycles. The highest BCUT2D eigenvalue weighted by atomic mass is 16.3. The largest absolute Gasteiger partial charge is 0.393 e. The maximum Gasteiger partial charge on any atom is 0.243 e. The van der Waals surface area contributed by atoms with Gasteiger partial charge in [-0.1, -0.05) is 65.2 Å². The lowest BCUT2D eigenvalue weighted by Crippen LogP contribution is -2.59. The van der Waals surface area contributed by atoms with Crippen LogP contribution in [0.3, 0.4) is 0 Å². The van der Waals surface area contributed by atoms with Crippen molar-refractivity contribution in [2.24, 2.45) is 34.6 Å². The first-order chi connectivity index (χ1) is 36.1. The van der Waals surface area contributed by atoms with Gasteiger partial charge in [0.2, 0.25) is 47.3 Å². The van der Waals surface area contributed by atoms with Gasteiger partial charge in [-0.2, -0.15) is 0 Å². The molecule has 0 bridgehead atoms. The Kier molecular flexibility index (Phi) is 39.8. The molecule has 1 unspecified atom stereocenters. The third-order valence-electron chi connectivity index (χ3n) is 13.5. The van der Waals surface area contributed by atoms with Gasteiger partial charge >= 0.3 is 0 Å². The maximum absolute atomic E-state index is 14.4. The minimum Gasteiger partial charge on any atom is -0.393 e. The highest BCUT2D eigenvalue weighted by Gasteiger charge is 2.33. The molecule has 19 N–H and O–H groups in total. The molecule has 1 rings (SSSR count). The van der Waals surface area contributed by atoms with Crippen LogP contribution in [0.15, 0.2) is 0 Å². The zero-order chi connectivity index (χ0) is 55.6. The van der Waals surface area contributed by atoms with Crippen LogP contribution in [0.25, 0.3) is 0 Å². The Bertz CT molecular complexity index is 1630. The molecule has 22 nitrogen and oxygen atoms in total. The highest BCUT2D eigenvalue weighted by Crippen LogP contribution is 2.15. The van der Waals surface area contributed by atoms with E-state index in [-0.39, 0.29) is 51.5 Å². The van der Waals surface area contributed by atoms with Crippen molar-refractivity contribution >= 4 is 47.3 Å². The molecular formula is C53H103N13O9. The molecule has 0 aliphatic carbocycles. The number of unbranched alkanes of at least 4 members (excludes halogenated alkanes) is 11. The maximum atomic E-state index is 14.4. The van der Waals surface area contributed by atoms with E-state index in [9.17, 15) is 43.5 Å². The molecular weight excluding hydrogens is 963 g/mol. The number of nitrogens with one attached hydrogen (secondary N) is 8. The zero-order valence-electron chi connectivity index (χ0n) is 46.0. The summed E-state index contributed by atoms with van der Waals surface area (Å²) in [5.41, 5.74) is 28.9. The lowest BCUT2D eigenvalue weighted by molar-refractivity contribution is -0.135. The Balaban J connectivity index is 3.36. The number of nitrogens with two attached hydrogens (primary N) is 5. The minimum absolute atomic E-state index is 0.0656. The van der Waals surface area contributed by atoms with Gasteiger partial charge < -0.3 is 76.3 Å². The Labute approximate surface area is 448 Å². The number of aliphatic hydroxyl groups is 1. The van der Waals surface area contributed by atoms with Gasteiger partial charge in [-0.25, -0.2) is 0 Å². The molecule has 1 saturated heterocycles. The standard InChI is InChI=1S/C53H103N13O9/c1-38(2)22-8-6-4-3-5-7-9-23-39(67)36-46(68)60-37-47(69)61-41(25-11-17-31-55)49(71)63-45-29-15-21-35-59-48(70)40(24-10-16-30-54)62-50(72)42(26-12-18-32-56)64-51(73)43(27-13-19-33-57)65-52(74)44(66-53(45)75)28-14-20-34-58/h38-45,67H,3-37,54-58H2,1-2H3,(H,59,70)(H,60,68)(H,61,69)(H,62,72)(H,63,71)(H,64,73)(H,65,74)(H,66,75)/t39?,40-,41-,42-,43-,44-,45-/m0/s1. The highest BCUT2D eigenvalue weighted by molar-refractivity contribution is 5.97. The van der Waals surface area contributed by atoms with Crippen LogP contribution in [-0.4, -0.2) is 141 Å². The van der Waals surface area contributed by atoms with Crippen LogP contribution in [0, 0.1) is 5.92 Å². The van der Waals surface area contributed by atoms with Gasteiger partial charge in [-0.15, -0.1) is 0 Å². The summed E-state index contributed by atoms with van der Waals surface area (Å²) in [6, 6.07) is -6.65. The minimum atomic E-state index is -1.22. The van der Waals surface area contributed by atoms with Gasteiger partial charge in [-0.3, -0.25) is 38.4 Å². The summed E-state index contributed by atoms with van der Waals surface area (Å²) in [7, 11) is 0. The first kappa shape index (κ1) is 68.5. The molecule has 0 radical (unpaired) electrons. The molecule has 7 atom stereocenters. The van der Waals surface area contributed by atoms with Gasteiger partial charge in [0.15, 0.2) is 0 Å². The molecule has 0 aromatic heterocycles. The fraction of sp³-hybridized carbons (Fsp3) is 0.849. The molecule has 0 aromatic rings. The molecule has 1 heterocycles. The topological polar surface area (TPSA) is 383 Å². The normalized spacial score (nSPS) is 20.3. The van der Waals surface area contributed by atoms with Crippen molar-refractivity contribution in [1.82, 2.24) is 42.5 Å². The molecule has 1 aliphatic rings. The van der Waals surface area contributed by atoms with E-state index >= 15 is 0 Å². The van der Waals surface area contributed by atoms with Crippen LogP contribution >= 0.6 is 0 Å². The summed E-state index contributed by atoms with van der Waals surface area (Å²) in [4.78, 5) is 110. The van der Waals surface area contributed by atoms with Crippen LogP contribution < -0.4 is 71.2 Å². The summed E-state index contributed by atoms with van der Waals surface area (Å²) in [6.07, 6.45) is 15.3. The zero-order valence-corrected chi connectivity index (χ0v) is 46.0. The summed E-state index contributed by atoms with van der Waals surface area (Å²) in [5.74, 6) is -4.09. The van der Waals surface area contributed by atoms with Crippen LogP contribution in [0.1, 0.15) is 194 Å². The van der Waals surface area contributed by atoms with Crippen molar-refractivity contribution in [3.8, 4) is 0 Å². The van der Waals surface area contributed by atoms with E-state index in [0.29, 0.717) is 116 Å². The number of amides is 8. The van der Waals surface area contributed by atoms with Crippen LogP contribution in [0.5, 0.6) is 0 Å². The number of rotatable bonds is 37. The Morgan fingerprint density at radius 3 is 1.40 bits per heavy atom. The van der Waals surface area contributed by atoms with Crippen molar-refractivity contribution in [2.45, 2.75) is 236 Å². The molecule has 0 spiro atoms. The number of aliphatic hydroxyl groups excluding tert-OH is 1. The summed E-state index contributed by atoms with van der Waals surface area (Å²) < 4.78 is 0. The van der Waals surface area contributed by atoms with E-state index in [1.54, 1.807) is 0 Å². The van der Waals surface area contributed by atoms with Crippen molar-refractivity contribution in [1.29, 1.82) is 0 Å². The van der Waals surface area contributed by atoms with E-state index in [1.165, 1.54) is 25.7 Å². The van der Waals surface area contributed by atoms with Crippen molar-refractivity contribution in [3.05, 3.63) is 0 Å². The van der Waals surface area contributed by atoms with Crippen molar-refractivity contribution in [2.75, 3.05) is 45.8 Å². The second kappa shape index (κ2) is 43.6. The second-order valence-corrected chi connectivity index (χ2v) is 20.7. The molecule has 0 saturated carbocycles. The lowest BCUT2D eigenvalue weighted by atomic mass is 10.0. The Hall–Kier alpha value is -4.48. The lowest BCUT2D eigenvalue weighted by Gasteiger charge is -2.28. The van der Waals surface area contributed by atoms with E-state index in [4.69, 9.17) is 28.7 Å². The number of hydrogen-bond donors (Lipinski definition) is 14. The smallest absolute Gasteiger partial charge is 0.243 e. The first-order valence-corrected chi connectivity index (χ1v) is 28.6. The van der Waals surface area contributed by atoms with Gasteiger partial charge in [-0.05, 0) is 161 Å². The third kappa shape index (κ3) is 33.3. The molecule has 1 fully saturated rings. The molecule has 22 heteroatoms. The van der Waals surface area contributed by atoms with Gasteiger partial charge in [0.05, 0.1) is 19.1 Å². The molecule has 434 valence electrons. The SMILES string of the molecule is CC(C)CCCCCCCCCC(O)CC(=O)NCC(=O)N[C@@H](CCCCN)C(=O)N[C@H]1CCCCNC(=O)[C@H](CCCCN)NC(=O)[C@H](CCCCN)NC(=O)[C@H](CCCCN)NC(=O)[C@H](CCCCN)NC1=O. The van der Waals surface area contributed by atoms with Crippen LogP contribution in [0.4, 0.5) is 0 Å². The first-order valence-electron chi connectivity index (χ1n) is 28.6. The molecule has 75 heavy (non-hydrogen) atoms. The fourth-order valence-corrected chi connectivity index (χ4v) is 8.88. The number of hydrogen-bond acceptors (Lipinski definition) is 14. The number of carbonyl (C=O) groups is 8. The third-order valence-corrected chi connectivity index (χ3v) is 13.5. The average molecular weight is 1070 g/mol. The van der Waals surface area contributed by atoms with E-state index < -0.39 is 96.2 Å². The summed E-state index contributed by atoms with van der Waals surface area (Å²) in [5, 5.41) is 32.7. The van der Waals surface area contributed by atoms with Crippen molar-refractivity contribution < 1.29 is 43.5 Å². The van der Waals surface area contributed by atoms with Crippen molar-refractivity contribution in [3.63, 3.8) is 0 Å². The van der Waals surface area contributed by atoms with E-state index in [1.807, 2.05) is 0 Å². The Morgan fingerprint density at radius 1 is 0.520 bits per heavy atom. The van der Waals surface area contributed by atoms with Gasteiger partial charge in [0.1, 0.15) is 36.3 Å².